The summed E-state index contributed by atoms with van der Waals surface area (Å²) in [7, 11) is 0. The van der Waals surface area contributed by atoms with Gasteiger partial charge >= 0.3 is 120 Å². The van der Waals surface area contributed by atoms with Gasteiger partial charge in [0.25, 0.3) is 0 Å². The van der Waals surface area contributed by atoms with Gasteiger partial charge in [-0.3, -0.25) is 0 Å². The standard InChI is InChI=1S/C15H17.2CH3.Zr/c1-10-4-5-11-6-12-8-15(2,3)9-13(12)7-14(10)11;;;/h4-7H,8-9H2,1-3H3;2*1H3;. The molecule has 18 heavy (non-hydrogen) atoms. The Kier molecular flexibility index (Phi) is 2.80. The van der Waals surface area contributed by atoms with Crippen molar-refractivity contribution < 1.29 is 21.8 Å². The molecular formula is C17H23Zr. The minimum atomic E-state index is -1.29. The van der Waals surface area contributed by atoms with Crippen LogP contribution in [0.2, 0.25) is 9.26 Å². The first-order valence-corrected chi connectivity index (χ1v) is 13.1. The third-order valence-corrected chi connectivity index (χ3v) is 11.1. The fraction of sp³-hybridized carbons (Fsp3) is 0.529. The van der Waals surface area contributed by atoms with E-state index >= 15 is 0 Å². The quantitative estimate of drug-likeness (QED) is 0.700. The summed E-state index contributed by atoms with van der Waals surface area (Å²) in [6, 6.07) is 5.03. The summed E-state index contributed by atoms with van der Waals surface area (Å²) >= 11 is -1.29. The summed E-state index contributed by atoms with van der Waals surface area (Å²) in [6.45, 7) is 7.26. The van der Waals surface area contributed by atoms with E-state index in [1.807, 2.05) is 0 Å². The van der Waals surface area contributed by atoms with Gasteiger partial charge in [-0.05, 0) is 0 Å². The van der Waals surface area contributed by atoms with Gasteiger partial charge in [0, 0.05) is 0 Å². The zero-order valence-electron chi connectivity index (χ0n) is 12.2. The SMILES string of the molecule is [CH3][Zr]([CH3])[C]1(C)C=Cc2cc3c(cc21)CC(C)(C)C3. The summed E-state index contributed by atoms with van der Waals surface area (Å²) < 4.78 is 5.48. The minimum absolute atomic E-state index is 0.430. The second-order valence-electron chi connectivity index (χ2n) is 7.26. The molecule has 0 saturated heterocycles. The molecule has 0 aromatic heterocycles. The molecule has 95 valence electrons. The Balaban J connectivity index is 2.11. The molecule has 0 spiro atoms. The van der Waals surface area contributed by atoms with Crippen LogP contribution in [0.4, 0.5) is 0 Å². The van der Waals surface area contributed by atoms with Crippen molar-refractivity contribution in [3.8, 4) is 0 Å². The van der Waals surface area contributed by atoms with E-state index < -0.39 is 21.8 Å². The Morgan fingerprint density at radius 2 is 1.61 bits per heavy atom. The number of hydrogen-bond acceptors (Lipinski definition) is 0. The van der Waals surface area contributed by atoms with Crippen molar-refractivity contribution in [2.45, 2.75) is 46.0 Å². The van der Waals surface area contributed by atoms with Gasteiger partial charge in [-0.2, -0.15) is 0 Å². The maximum absolute atomic E-state index is 2.55. The van der Waals surface area contributed by atoms with Crippen LogP contribution >= 0.6 is 0 Å². The van der Waals surface area contributed by atoms with Crippen molar-refractivity contribution in [2.75, 3.05) is 0 Å². The van der Waals surface area contributed by atoms with Gasteiger partial charge in [-0.25, -0.2) is 0 Å². The number of hydrogen-bond donors (Lipinski definition) is 0. The second kappa shape index (κ2) is 3.92. The number of benzene rings is 1. The first-order chi connectivity index (χ1) is 8.32. The number of rotatable bonds is 1. The molecule has 1 aromatic carbocycles. The van der Waals surface area contributed by atoms with Gasteiger partial charge in [0.2, 0.25) is 0 Å². The summed E-state index contributed by atoms with van der Waals surface area (Å²) in [5, 5.41) is 0. The normalized spacial score (nSPS) is 27.2. The van der Waals surface area contributed by atoms with Crippen molar-refractivity contribution in [1.82, 2.24) is 0 Å². The third kappa shape index (κ3) is 1.82. The molecule has 3 rings (SSSR count). The molecule has 2 aliphatic rings. The molecule has 0 aliphatic heterocycles. The molecule has 1 aromatic rings. The van der Waals surface area contributed by atoms with Gasteiger partial charge in [0.15, 0.2) is 0 Å². The van der Waals surface area contributed by atoms with Crippen molar-refractivity contribution >= 4 is 6.08 Å². The average Bonchev–Trinajstić information content (AvgIpc) is 2.72. The van der Waals surface area contributed by atoms with E-state index in [2.05, 4.69) is 54.3 Å². The van der Waals surface area contributed by atoms with E-state index in [9.17, 15) is 0 Å². The molecule has 0 heterocycles. The molecule has 0 bridgehead atoms. The van der Waals surface area contributed by atoms with E-state index in [1.165, 1.54) is 18.4 Å². The Morgan fingerprint density at radius 1 is 1.00 bits per heavy atom. The van der Waals surface area contributed by atoms with Crippen LogP contribution in [0.25, 0.3) is 6.08 Å². The van der Waals surface area contributed by atoms with Gasteiger partial charge in [0.1, 0.15) is 0 Å². The molecule has 1 heteroatoms. The van der Waals surface area contributed by atoms with E-state index in [-0.39, 0.29) is 0 Å². The Labute approximate surface area is 119 Å². The second-order valence-corrected chi connectivity index (χ2v) is 14.7. The Hall–Kier alpha value is -0.157. The van der Waals surface area contributed by atoms with Gasteiger partial charge in [0.05, 0.1) is 0 Å². The molecule has 0 N–H and O–H groups in total. The van der Waals surface area contributed by atoms with Crippen LogP contribution in [0.3, 0.4) is 0 Å². The molecule has 2 aliphatic carbocycles. The van der Waals surface area contributed by atoms with E-state index in [1.54, 1.807) is 16.7 Å². The molecule has 0 nitrogen and oxygen atoms in total. The number of fused-ring (bicyclic) bond motifs is 2. The summed E-state index contributed by atoms with van der Waals surface area (Å²) in [5.74, 6) is 0. The molecule has 0 saturated carbocycles. The van der Waals surface area contributed by atoms with Crippen LogP contribution in [0.1, 0.15) is 43.0 Å². The van der Waals surface area contributed by atoms with Crippen molar-refractivity contribution in [3.05, 3.63) is 40.5 Å². The van der Waals surface area contributed by atoms with Crippen molar-refractivity contribution in [1.29, 1.82) is 0 Å². The molecule has 1 unspecified atom stereocenters. The zero-order valence-corrected chi connectivity index (χ0v) is 14.7. The zero-order chi connectivity index (χ0) is 13.1. The maximum atomic E-state index is 2.55. The van der Waals surface area contributed by atoms with E-state index in [4.69, 9.17) is 0 Å². The summed E-state index contributed by atoms with van der Waals surface area (Å²) in [5.41, 5.74) is 6.84. The summed E-state index contributed by atoms with van der Waals surface area (Å²) in [6.07, 6.45) is 7.39. The fourth-order valence-corrected chi connectivity index (χ4v) is 6.38. The molecule has 0 radical (unpaired) electrons. The molecular weight excluding hydrogens is 295 g/mol. The molecule has 0 amide bonds. The van der Waals surface area contributed by atoms with E-state index in [0.717, 1.165) is 0 Å². The Morgan fingerprint density at radius 3 is 2.22 bits per heavy atom. The van der Waals surface area contributed by atoms with Crippen LogP contribution in [-0.4, -0.2) is 0 Å². The molecule has 1 atom stereocenters. The fourth-order valence-electron chi connectivity index (χ4n) is 3.50. The summed E-state index contributed by atoms with van der Waals surface area (Å²) in [4.78, 5) is 0. The third-order valence-electron chi connectivity index (χ3n) is 4.90. The van der Waals surface area contributed by atoms with Gasteiger partial charge in [-0.1, -0.05) is 0 Å². The monoisotopic (exact) mass is 317 g/mol. The van der Waals surface area contributed by atoms with Crippen molar-refractivity contribution in [2.24, 2.45) is 5.41 Å². The van der Waals surface area contributed by atoms with Crippen LogP contribution in [-0.2, 0) is 37.7 Å². The van der Waals surface area contributed by atoms with Crippen LogP contribution in [0, 0.1) is 5.41 Å². The molecule has 0 fully saturated rings. The first-order valence-electron chi connectivity index (χ1n) is 6.98. The first kappa shape index (κ1) is 12.9. The predicted octanol–water partition coefficient (Wildman–Crippen LogP) is 4.77. The van der Waals surface area contributed by atoms with Crippen molar-refractivity contribution in [3.63, 3.8) is 0 Å². The van der Waals surface area contributed by atoms with Crippen LogP contribution < -0.4 is 0 Å². The van der Waals surface area contributed by atoms with Crippen LogP contribution in [0.15, 0.2) is 18.2 Å². The number of allylic oxidation sites excluding steroid dienone is 1. The topological polar surface area (TPSA) is 0 Å². The average molecular weight is 319 g/mol. The predicted molar refractivity (Wildman–Crippen MR) is 75.7 cm³/mol. The van der Waals surface area contributed by atoms with Gasteiger partial charge < -0.3 is 0 Å². The van der Waals surface area contributed by atoms with Crippen LogP contribution in [0.5, 0.6) is 0 Å². The van der Waals surface area contributed by atoms with Gasteiger partial charge in [-0.15, -0.1) is 0 Å². The van der Waals surface area contributed by atoms with E-state index in [0.29, 0.717) is 8.54 Å². The Bertz CT molecular complexity index is 537.